The molecule has 1 N–H and O–H groups in total. The zero-order valence-electron chi connectivity index (χ0n) is 14.0. The van der Waals surface area contributed by atoms with Crippen molar-refractivity contribution in [2.45, 2.75) is 32.9 Å². The van der Waals surface area contributed by atoms with Crippen molar-refractivity contribution < 1.29 is 4.74 Å². The van der Waals surface area contributed by atoms with E-state index in [0.717, 1.165) is 31.8 Å². The third-order valence-corrected chi connectivity index (χ3v) is 4.83. The van der Waals surface area contributed by atoms with Crippen molar-refractivity contribution in [1.82, 2.24) is 19.7 Å². The van der Waals surface area contributed by atoms with Crippen LogP contribution in [0, 0.1) is 19.8 Å². The van der Waals surface area contributed by atoms with Gasteiger partial charge >= 0.3 is 0 Å². The van der Waals surface area contributed by atoms with Crippen LogP contribution >= 0.6 is 0 Å². The molecule has 0 aliphatic carbocycles. The summed E-state index contributed by atoms with van der Waals surface area (Å²) in [5.74, 6) is 0.516. The monoisotopic (exact) mass is 302 g/mol. The molecular formula is C17H26N4O. The van der Waals surface area contributed by atoms with Gasteiger partial charge in [-0.25, -0.2) is 0 Å². The van der Waals surface area contributed by atoms with Crippen LogP contribution in [-0.4, -0.2) is 27.5 Å². The van der Waals surface area contributed by atoms with E-state index in [9.17, 15) is 0 Å². The van der Waals surface area contributed by atoms with Gasteiger partial charge in [0, 0.05) is 62.9 Å². The fraction of sp³-hybridized carbons (Fsp3) is 0.588. The van der Waals surface area contributed by atoms with E-state index in [4.69, 9.17) is 4.74 Å². The van der Waals surface area contributed by atoms with E-state index < -0.39 is 0 Å². The molecule has 2 unspecified atom stereocenters. The second-order valence-corrected chi connectivity index (χ2v) is 6.29. The SMILES string of the molecule is Cc1nn(C)c(C)c1C1OCCC1CNCc1cccn1C. The maximum Gasteiger partial charge on any atom is 0.0901 e. The van der Waals surface area contributed by atoms with Gasteiger partial charge in [-0.3, -0.25) is 4.68 Å². The predicted molar refractivity (Wildman–Crippen MR) is 86.6 cm³/mol. The molecule has 0 radical (unpaired) electrons. The minimum Gasteiger partial charge on any atom is -0.373 e. The van der Waals surface area contributed by atoms with E-state index in [1.54, 1.807) is 0 Å². The number of nitrogens with zero attached hydrogens (tertiary/aromatic N) is 3. The number of aryl methyl sites for hydroxylation is 3. The van der Waals surface area contributed by atoms with Crippen LogP contribution in [0.2, 0.25) is 0 Å². The summed E-state index contributed by atoms with van der Waals surface area (Å²) in [6, 6.07) is 4.24. The van der Waals surface area contributed by atoms with Crippen LogP contribution in [-0.2, 0) is 25.4 Å². The van der Waals surface area contributed by atoms with Crippen LogP contribution < -0.4 is 5.32 Å². The normalized spacial score (nSPS) is 21.6. The Balaban J connectivity index is 1.65. The zero-order chi connectivity index (χ0) is 15.7. The second kappa shape index (κ2) is 6.26. The van der Waals surface area contributed by atoms with Gasteiger partial charge in [-0.15, -0.1) is 0 Å². The first kappa shape index (κ1) is 15.3. The van der Waals surface area contributed by atoms with Crippen molar-refractivity contribution in [3.63, 3.8) is 0 Å². The van der Waals surface area contributed by atoms with Crippen molar-refractivity contribution in [3.05, 3.63) is 41.0 Å². The Hall–Kier alpha value is -1.59. The second-order valence-electron chi connectivity index (χ2n) is 6.29. The van der Waals surface area contributed by atoms with Gasteiger partial charge in [-0.05, 0) is 32.4 Å². The van der Waals surface area contributed by atoms with Gasteiger partial charge in [-0.2, -0.15) is 5.10 Å². The molecule has 22 heavy (non-hydrogen) atoms. The first-order valence-corrected chi connectivity index (χ1v) is 8.00. The Morgan fingerprint density at radius 3 is 2.82 bits per heavy atom. The third kappa shape index (κ3) is 2.83. The average Bonchev–Trinajstić information content (AvgIpc) is 3.14. The highest BCUT2D eigenvalue weighted by atomic mass is 16.5. The van der Waals surface area contributed by atoms with E-state index in [-0.39, 0.29) is 6.10 Å². The molecule has 0 saturated carbocycles. The smallest absolute Gasteiger partial charge is 0.0901 e. The largest absolute Gasteiger partial charge is 0.373 e. The molecule has 0 bridgehead atoms. The number of hydrogen-bond donors (Lipinski definition) is 1. The molecule has 2 aromatic heterocycles. The lowest BCUT2D eigenvalue weighted by Gasteiger charge is -2.20. The van der Waals surface area contributed by atoms with E-state index >= 15 is 0 Å². The van der Waals surface area contributed by atoms with E-state index in [1.807, 2.05) is 11.7 Å². The highest BCUT2D eigenvalue weighted by Crippen LogP contribution is 2.37. The van der Waals surface area contributed by atoms with Crippen LogP contribution in [0.15, 0.2) is 18.3 Å². The van der Waals surface area contributed by atoms with Gasteiger partial charge in [0.1, 0.15) is 0 Å². The summed E-state index contributed by atoms with van der Waals surface area (Å²) in [5.41, 5.74) is 4.91. The van der Waals surface area contributed by atoms with E-state index in [0.29, 0.717) is 5.92 Å². The zero-order valence-corrected chi connectivity index (χ0v) is 14.0. The molecule has 1 aliphatic heterocycles. The topological polar surface area (TPSA) is 44.0 Å². The lowest BCUT2D eigenvalue weighted by Crippen LogP contribution is -2.25. The summed E-state index contributed by atoms with van der Waals surface area (Å²) in [5, 5.41) is 8.12. The molecule has 1 aliphatic rings. The number of ether oxygens (including phenoxy) is 1. The molecule has 120 valence electrons. The Morgan fingerprint density at radius 1 is 1.36 bits per heavy atom. The van der Waals surface area contributed by atoms with Crippen LogP contribution in [0.25, 0.3) is 0 Å². The molecule has 0 amide bonds. The first-order chi connectivity index (χ1) is 10.6. The third-order valence-electron chi connectivity index (χ3n) is 4.83. The summed E-state index contributed by atoms with van der Waals surface area (Å²) in [6.07, 6.45) is 3.37. The van der Waals surface area contributed by atoms with E-state index in [1.165, 1.54) is 17.0 Å². The van der Waals surface area contributed by atoms with Crippen molar-refractivity contribution in [2.24, 2.45) is 20.0 Å². The Morgan fingerprint density at radius 2 is 2.18 bits per heavy atom. The lowest BCUT2D eigenvalue weighted by atomic mass is 9.94. The summed E-state index contributed by atoms with van der Waals surface area (Å²) in [4.78, 5) is 0. The molecule has 5 nitrogen and oxygen atoms in total. The van der Waals surface area contributed by atoms with Crippen molar-refractivity contribution >= 4 is 0 Å². The molecule has 3 rings (SSSR count). The number of hydrogen-bond acceptors (Lipinski definition) is 3. The Labute approximate surface area is 132 Å². The van der Waals surface area contributed by atoms with Crippen LogP contribution in [0.3, 0.4) is 0 Å². The fourth-order valence-electron chi connectivity index (χ4n) is 3.43. The van der Waals surface area contributed by atoms with Crippen molar-refractivity contribution in [1.29, 1.82) is 0 Å². The molecule has 2 atom stereocenters. The summed E-state index contributed by atoms with van der Waals surface area (Å²) < 4.78 is 10.2. The molecule has 3 heterocycles. The quantitative estimate of drug-likeness (QED) is 0.921. The molecule has 1 saturated heterocycles. The van der Waals surface area contributed by atoms with Crippen LogP contribution in [0.1, 0.15) is 35.2 Å². The molecule has 0 aromatic carbocycles. The van der Waals surface area contributed by atoms with Gasteiger partial charge in [0.05, 0.1) is 11.8 Å². The minimum absolute atomic E-state index is 0.176. The minimum atomic E-state index is 0.176. The van der Waals surface area contributed by atoms with Gasteiger partial charge < -0.3 is 14.6 Å². The lowest BCUT2D eigenvalue weighted by molar-refractivity contribution is 0.0893. The van der Waals surface area contributed by atoms with E-state index in [2.05, 4.69) is 54.2 Å². The Bertz CT molecular complexity index is 643. The fourth-order valence-corrected chi connectivity index (χ4v) is 3.43. The average molecular weight is 302 g/mol. The van der Waals surface area contributed by atoms with Crippen LogP contribution in [0.5, 0.6) is 0 Å². The van der Waals surface area contributed by atoms with Gasteiger partial charge in [0.15, 0.2) is 0 Å². The number of aromatic nitrogens is 3. The molecular weight excluding hydrogens is 276 g/mol. The van der Waals surface area contributed by atoms with Gasteiger partial charge in [-0.1, -0.05) is 0 Å². The number of nitrogens with one attached hydrogen (secondary N) is 1. The molecule has 0 spiro atoms. The Kier molecular flexibility index (Phi) is 4.36. The standard InChI is InChI=1S/C17H26N4O/c1-12-16(13(2)21(4)19-12)17-14(7-9-22-17)10-18-11-15-6-5-8-20(15)3/h5-6,8,14,17-18H,7,9-11H2,1-4H3. The van der Waals surface area contributed by atoms with Gasteiger partial charge in [0.2, 0.25) is 0 Å². The highest BCUT2D eigenvalue weighted by molar-refractivity contribution is 5.28. The molecule has 2 aromatic rings. The summed E-state index contributed by atoms with van der Waals surface area (Å²) in [6.45, 7) is 6.93. The summed E-state index contributed by atoms with van der Waals surface area (Å²) >= 11 is 0. The van der Waals surface area contributed by atoms with Crippen molar-refractivity contribution in [3.8, 4) is 0 Å². The first-order valence-electron chi connectivity index (χ1n) is 8.00. The number of rotatable bonds is 5. The van der Waals surface area contributed by atoms with Crippen molar-refractivity contribution in [2.75, 3.05) is 13.2 Å². The summed E-state index contributed by atoms with van der Waals surface area (Å²) in [7, 11) is 4.09. The highest BCUT2D eigenvalue weighted by Gasteiger charge is 2.33. The van der Waals surface area contributed by atoms with Gasteiger partial charge in [0.25, 0.3) is 0 Å². The predicted octanol–water partition coefficient (Wildman–Crippen LogP) is 2.24. The van der Waals surface area contributed by atoms with Crippen LogP contribution in [0.4, 0.5) is 0 Å². The molecule has 5 heteroatoms. The maximum absolute atomic E-state index is 6.04. The maximum atomic E-state index is 6.04. The molecule has 1 fully saturated rings.